The number of nitrogens with two attached hydrogens (primary N) is 1. The van der Waals surface area contributed by atoms with Crippen LogP contribution in [0.25, 0.3) is 0 Å². The van der Waals surface area contributed by atoms with Gasteiger partial charge in [0.2, 0.25) is 5.95 Å². The number of nitrogens with one attached hydrogen (secondary N) is 1. The SMILES string of the molecule is Cc1cc(=Nc2ccc(OC(F)(F)F)cc2)n(NI)c(N)n1. The zero-order chi connectivity index (χ0) is 16.3. The number of nitrogens with zero attached hydrogens (tertiary/aromatic N) is 3. The highest BCUT2D eigenvalue weighted by molar-refractivity contribution is 14.1. The molecule has 0 unspecified atom stereocenters. The van der Waals surface area contributed by atoms with E-state index in [0.29, 0.717) is 16.9 Å². The van der Waals surface area contributed by atoms with Crippen molar-refractivity contribution in [2.24, 2.45) is 4.99 Å². The van der Waals surface area contributed by atoms with E-state index in [9.17, 15) is 13.2 Å². The lowest BCUT2D eigenvalue weighted by molar-refractivity contribution is -0.274. The molecule has 10 heteroatoms. The largest absolute Gasteiger partial charge is 0.573 e. The van der Waals surface area contributed by atoms with E-state index in [4.69, 9.17) is 5.73 Å². The average molecular weight is 425 g/mol. The Morgan fingerprint density at radius 3 is 2.50 bits per heavy atom. The molecule has 0 atom stereocenters. The van der Waals surface area contributed by atoms with Crippen molar-refractivity contribution in [3.05, 3.63) is 41.5 Å². The third kappa shape index (κ3) is 4.26. The fraction of sp³-hybridized carbons (Fsp3) is 0.167. The molecule has 0 amide bonds. The Morgan fingerprint density at radius 1 is 1.32 bits per heavy atom. The molecule has 0 aliphatic heterocycles. The number of aryl methyl sites for hydroxylation is 1. The van der Waals surface area contributed by atoms with Gasteiger partial charge >= 0.3 is 6.36 Å². The van der Waals surface area contributed by atoms with Crippen LogP contribution in [0.3, 0.4) is 0 Å². The quantitative estimate of drug-likeness (QED) is 0.586. The van der Waals surface area contributed by atoms with Crippen LogP contribution in [0.5, 0.6) is 5.75 Å². The molecule has 6 nitrogen and oxygen atoms in total. The minimum absolute atomic E-state index is 0.213. The maximum absolute atomic E-state index is 12.1. The molecule has 0 fully saturated rings. The number of anilines is 1. The number of rotatable bonds is 3. The van der Waals surface area contributed by atoms with Crippen molar-refractivity contribution in [3.8, 4) is 5.75 Å². The summed E-state index contributed by atoms with van der Waals surface area (Å²) < 4.78 is 44.3. The maximum Gasteiger partial charge on any atom is 0.573 e. The number of nitrogen functional groups attached to an aromatic ring is 1. The van der Waals surface area contributed by atoms with E-state index >= 15 is 0 Å². The van der Waals surface area contributed by atoms with E-state index in [1.54, 1.807) is 13.0 Å². The van der Waals surface area contributed by atoms with Gasteiger partial charge in [-0.2, -0.15) is 0 Å². The molecule has 2 aromatic rings. The zero-order valence-corrected chi connectivity index (χ0v) is 13.4. The molecule has 118 valence electrons. The van der Waals surface area contributed by atoms with Gasteiger partial charge in [0.25, 0.3) is 0 Å². The van der Waals surface area contributed by atoms with Crippen molar-refractivity contribution in [1.82, 2.24) is 9.66 Å². The molecule has 1 aromatic carbocycles. The summed E-state index contributed by atoms with van der Waals surface area (Å²) in [5, 5.41) is 0. The van der Waals surface area contributed by atoms with Gasteiger partial charge in [0.05, 0.1) is 28.6 Å². The smallest absolute Gasteiger partial charge is 0.406 e. The highest BCUT2D eigenvalue weighted by atomic mass is 127. The lowest BCUT2D eigenvalue weighted by Crippen LogP contribution is -2.28. The Kier molecular flexibility index (Phi) is 4.78. The lowest BCUT2D eigenvalue weighted by Gasteiger charge is -2.09. The van der Waals surface area contributed by atoms with E-state index in [-0.39, 0.29) is 11.7 Å². The van der Waals surface area contributed by atoms with E-state index in [2.05, 4.69) is 18.4 Å². The molecule has 22 heavy (non-hydrogen) atoms. The summed E-state index contributed by atoms with van der Waals surface area (Å²) in [6, 6.07) is 6.87. The van der Waals surface area contributed by atoms with Crippen LogP contribution >= 0.6 is 22.9 Å². The lowest BCUT2D eigenvalue weighted by atomic mass is 10.3. The molecule has 1 heterocycles. The molecule has 0 bridgehead atoms. The summed E-state index contributed by atoms with van der Waals surface area (Å²) in [6.07, 6.45) is -4.72. The number of alkyl halides is 3. The van der Waals surface area contributed by atoms with E-state index in [1.165, 1.54) is 28.9 Å². The van der Waals surface area contributed by atoms with Crippen molar-refractivity contribution in [1.29, 1.82) is 0 Å². The number of halogens is 4. The van der Waals surface area contributed by atoms with E-state index < -0.39 is 6.36 Å². The van der Waals surface area contributed by atoms with Gasteiger partial charge in [-0.3, -0.25) is 3.64 Å². The predicted molar refractivity (Wildman–Crippen MR) is 83.1 cm³/mol. The van der Waals surface area contributed by atoms with Crippen LogP contribution in [0.15, 0.2) is 35.3 Å². The molecule has 3 N–H and O–H groups in total. The van der Waals surface area contributed by atoms with Gasteiger partial charge in [0, 0.05) is 11.8 Å². The van der Waals surface area contributed by atoms with Crippen molar-refractivity contribution >= 4 is 34.5 Å². The summed E-state index contributed by atoms with van der Waals surface area (Å²) in [5.74, 6) is -0.0954. The predicted octanol–water partition coefficient (Wildman–Crippen LogP) is 2.80. The Morgan fingerprint density at radius 2 is 1.95 bits per heavy atom. The second kappa shape index (κ2) is 6.42. The first kappa shape index (κ1) is 16.4. The Balaban J connectivity index is 2.38. The molecular weight excluding hydrogens is 414 g/mol. The second-order valence-electron chi connectivity index (χ2n) is 4.19. The first-order valence-corrected chi connectivity index (χ1v) is 7.00. The third-order valence-electron chi connectivity index (χ3n) is 2.49. The van der Waals surface area contributed by atoms with Crippen molar-refractivity contribution in [3.63, 3.8) is 0 Å². The third-order valence-corrected chi connectivity index (χ3v) is 2.97. The normalized spacial score (nSPS) is 12.3. The minimum Gasteiger partial charge on any atom is -0.406 e. The summed E-state index contributed by atoms with van der Waals surface area (Å²) in [5.41, 5.74) is 7.33. The number of benzene rings is 1. The summed E-state index contributed by atoms with van der Waals surface area (Å²) in [6.45, 7) is 1.76. The summed E-state index contributed by atoms with van der Waals surface area (Å²) in [7, 11) is 0. The first-order chi connectivity index (χ1) is 10.3. The van der Waals surface area contributed by atoms with Crippen LogP contribution < -0.4 is 19.6 Å². The average Bonchev–Trinajstić information content (AvgIpc) is 2.39. The number of hydrogen-bond acceptors (Lipinski definition) is 5. The second-order valence-corrected chi connectivity index (χ2v) is 4.67. The van der Waals surface area contributed by atoms with Crippen LogP contribution in [0.2, 0.25) is 0 Å². The van der Waals surface area contributed by atoms with Gasteiger partial charge < -0.3 is 10.5 Å². The molecule has 0 spiro atoms. The van der Waals surface area contributed by atoms with Crippen LogP contribution in [0, 0.1) is 6.92 Å². The Bertz CT molecular complexity index is 727. The van der Waals surface area contributed by atoms with Crippen LogP contribution in [-0.2, 0) is 0 Å². The van der Waals surface area contributed by atoms with E-state index in [0.717, 1.165) is 0 Å². The van der Waals surface area contributed by atoms with Gasteiger partial charge in [-0.15, -0.1) is 13.2 Å². The van der Waals surface area contributed by atoms with Gasteiger partial charge in [-0.25, -0.2) is 14.7 Å². The molecule has 0 aliphatic rings. The van der Waals surface area contributed by atoms with Crippen LogP contribution in [-0.4, -0.2) is 16.0 Å². The molecule has 0 saturated heterocycles. The highest BCUT2D eigenvalue weighted by Gasteiger charge is 2.30. The maximum atomic E-state index is 12.1. The molecule has 0 radical (unpaired) electrons. The molecule has 2 rings (SSSR count). The van der Waals surface area contributed by atoms with Crippen LogP contribution in [0.1, 0.15) is 5.69 Å². The highest BCUT2D eigenvalue weighted by Crippen LogP contribution is 2.24. The molecule has 0 saturated carbocycles. The Hall–Kier alpha value is -1.98. The Labute approximate surface area is 137 Å². The van der Waals surface area contributed by atoms with E-state index in [1.807, 2.05) is 22.9 Å². The van der Waals surface area contributed by atoms with Crippen molar-refractivity contribution in [2.45, 2.75) is 13.3 Å². The van der Waals surface area contributed by atoms with Crippen molar-refractivity contribution < 1.29 is 17.9 Å². The number of ether oxygens (including phenoxy) is 1. The van der Waals surface area contributed by atoms with Crippen LogP contribution in [0.4, 0.5) is 24.8 Å². The van der Waals surface area contributed by atoms with Gasteiger partial charge in [-0.05, 0) is 31.2 Å². The molecule has 1 aromatic heterocycles. The van der Waals surface area contributed by atoms with Gasteiger partial charge in [-0.1, -0.05) is 0 Å². The summed E-state index contributed by atoms with van der Waals surface area (Å²) >= 11 is 1.87. The standard InChI is InChI=1S/C12H11F3IN5O/c1-7-6-10(21(20-16)11(17)18-7)19-8-2-4-9(5-3-8)22-12(13,14)15/h2-6,20H,1H3,(H2,17,18). The zero-order valence-electron chi connectivity index (χ0n) is 11.2. The van der Waals surface area contributed by atoms with Gasteiger partial charge in [0.1, 0.15) is 5.75 Å². The molecule has 0 aliphatic carbocycles. The number of aromatic nitrogens is 2. The molecular formula is C12H11F3IN5O. The summed E-state index contributed by atoms with van der Waals surface area (Å²) in [4.78, 5) is 8.38. The topological polar surface area (TPSA) is 77.5 Å². The monoisotopic (exact) mass is 425 g/mol. The minimum atomic E-state index is -4.72. The van der Waals surface area contributed by atoms with Crippen molar-refractivity contribution in [2.75, 3.05) is 9.37 Å². The fourth-order valence-corrected chi connectivity index (χ4v) is 2.15. The fourth-order valence-electron chi connectivity index (χ4n) is 1.66. The van der Waals surface area contributed by atoms with Gasteiger partial charge in [0.15, 0.2) is 5.49 Å². The first-order valence-electron chi connectivity index (χ1n) is 5.92. The number of hydrogen-bond donors (Lipinski definition) is 2.